The number of hydrogen-bond donors (Lipinski definition) is 0. The number of nitro groups is 1. The molecule has 0 aliphatic heterocycles. The van der Waals surface area contributed by atoms with E-state index in [0.717, 1.165) is 31.2 Å². The maximum absolute atomic E-state index is 12.5. The average molecular weight is 406 g/mol. The summed E-state index contributed by atoms with van der Waals surface area (Å²) < 4.78 is 29.8. The summed E-state index contributed by atoms with van der Waals surface area (Å²) >= 11 is 0. The number of anilines is 1. The van der Waals surface area contributed by atoms with Crippen molar-refractivity contribution < 1.29 is 27.7 Å². The molecule has 9 nitrogen and oxygen atoms in total. The maximum Gasteiger partial charge on any atom is 0.324 e. The van der Waals surface area contributed by atoms with Gasteiger partial charge in [0.1, 0.15) is 0 Å². The topological polar surface area (TPSA) is 124 Å². The van der Waals surface area contributed by atoms with Gasteiger partial charge in [0.05, 0.1) is 9.82 Å². The number of sulfone groups is 1. The van der Waals surface area contributed by atoms with Crippen LogP contribution >= 0.6 is 0 Å². The van der Waals surface area contributed by atoms with Gasteiger partial charge in [-0.15, -0.1) is 0 Å². The summed E-state index contributed by atoms with van der Waals surface area (Å²) in [5, 5.41) is 9.08. The summed E-state index contributed by atoms with van der Waals surface area (Å²) in [5.74, 6) is -1.62. The van der Waals surface area contributed by atoms with Crippen LogP contribution in [0.1, 0.15) is 6.92 Å². The molecule has 2 aromatic rings. The second kappa shape index (κ2) is 8.61. The molecular weight excluding hydrogens is 388 g/mol. The molecule has 1 atom stereocenters. The van der Waals surface area contributed by atoms with Crippen LogP contribution in [-0.4, -0.2) is 44.1 Å². The second-order valence-electron chi connectivity index (χ2n) is 5.83. The third-order valence-electron chi connectivity index (χ3n) is 4.03. The fourth-order valence-electron chi connectivity index (χ4n) is 2.23. The van der Waals surface area contributed by atoms with Gasteiger partial charge in [-0.25, -0.2) is 8.42 Å². The van der Waals surface area contributed by atoms with E-state index in [-0.39, 0.29) is 10.6 Å². The van der Waals surface area contributed by atoms with Crippen molar-refractivity contribution in [2.24, 2.45) is 0 Å². The van der Waals surface area contributed by atoms with Gasteiger partial charge in [-0.3, -0.25) is 19.7 Å². The van der Waals surface area contributed by atoms with Crippen LogP contribution in [0.4, 0.5) is 11.4 Å². The number of carbonyl (C=O) groups is 2. The van der Waals surface area contributed by atoms with Gasteiger partial charge in [0.25, 0.3) is 11.6 Å². The van der Waals surface area contributed by atoms with Crippen molar-refractivity contribution in [3.63, 3.8) is 0 Å². The third kappa shape index (κ3) is 4.71. The summed E-state index contributed by atoms with van der Waals surface area (Å²) in [6.07, 6.45) is 0. The van der Waals surface area contributed by atoms with Gasteiger partial charge in [0.2, 0.25) is 0 Å². The van der Waals surface area contributed by atoms with Crippen LogP contribution in [0.2, 0.25) is 0 Å². The number of esters is 1. The highest BCUT2D eigenvalue weighted by atomic mass is 32.2. The predicted octanol–water partition coefficient (Wildman–Crippen LogP) is 1.96. The number of para-hydroxylation sites is 1. The van der Waals surface area contributed by atoms with Gasteiger partial charge in [-0.05, 0) is 31.2 Å². The fraction of sp³-hybridized carbons (Fsp3) is 0.222. The molecule has 148 valence electrons. The Bertz CT molecular complexity index is 973. The van der Waals surface area contributed by atoms with Crippen LogP contribution in [0.5, 0.6) is 0 Å². The van der Waals surface area contributed by atoms with Crippen molar-refractivity contribution in [1.29, 1.82) is 0 Å². The molecule has 0 unspecified atom stereocenters. The van der Waals surface area contributed by atoms with Crippen molar-refractivity contribution in [1.82, 2.24) is 0 Å². The average Bonchev–Trinajstić information content (AvgIpc) is 2.71. The Hall–Kier alpha value is -3.27. The summed E-state index contributed by atoms with van der Waals surface area (Å²) in [6.45, 7) is 0.509. The Morgan fingerprint density at radius 2 is 1.68 bits per heavy atom. The van der Waals surface area contributed by atoms with Crippen molar-refractivity contribution in [2.75, 3.05) is 18.6 Å². The molecule has 0 saturated carbocycles. The van der Waals surface area contributed by atoms with E-state index in [9.17, 15) is 28.1 Å². The molecule has 0 radical (unpaired) electrons. The van der Waals surface area contributed by atoms with Gasteiger partial charge in [-0.1, -0.05) is 18.2 Å². The molecule has 0 heterocycles. The van der Waals surface area contributed by atoms with E-state index in [0.29, 0.717) is 5.69 Å². The second-order valence-corrected chi connectivity index (χ2v) is 8.10. The smallest absolute Gasteiger partial charge is 0.324 e. The lowest BCUT2D eigenvalue weighted by Gasteiger charge is -2.18. The summed E-state index contributed by atoms with van der Waals surface area (Å²) in [5.41, 5.74) is 0.318. The molecule has 0 aliphatic rings. The molecule has 0 aliphatic carbocycles. The van der Waals surface area contributed by atoms with Crippen molar-refractivity contribution in [3.05, 3.63) is 64.7 Å². The van der Waals surface area contributed by atoms with Gasteiger partial charge in [0.15, 0.2) is 21.7 Å². The van der Waals surface area contributed by atoms with E-state index in [1.54, 1.807) is 30.3 Å². The summed E-state index contributed by atoms with van der Waals surface area (Å²) in [7, 11) is -2.62. The minimum absolute atomic E-state index is 0.254. The first-order valence-corrected chi connectivity index (χ1v) is 9.66. The zero-order chi connectivity index (χ0) is 20.9. The molecule has 0 spiro atoms. The third-order valence-corrected chi connectivity index (χ3v) is 6.08. The molecular formula is C18H18N2O7S. The monoisotopic (exact) mass is 406 g/mol. The first-order chi connectivity index (χ1) is 13.1. The molecule has 0 saturated heterocycles. The highest BCUT2D eigenvalue weighted by Crippen LogP contribution is 2.20. The molecule has 2 rings (SSSR count). The Morgan fingerprint density at radius 1 is 1.11 bits per heavy atom. The predicted molar refractivity (Wildman–Crippen MR) is 101 cm³/mol. The van der Waals surface area contributed by atoms with Crippen LogP contribution in [0.3, 0.4) is 0 Å². The Kier molecular flexibility index (Phi) is 6.47. The van der Waals surface area contributed by atoms with Gasteiger partial charge in [0, 0.05) is 24.9 Å². The van der Waals surface area contributed by atoms with E-state index in [2.05, 4.69) is 0 Å². The van der Waals surface area contributed by atoms with Gasteiger partial charge >= 0.3 is 5.97 Å². The number of rotatable bonds is 7. The highest BCUT2D eigenvalue weighted by Gasteiger charge is 2.32. The Labute approximate surface area is 161 Å². The minimum atomic E-state index is -4.12. The van der Waals surface area contributed by atoms with Crippen LogP contribution in [0, 0.1) is 10.1 Å². The number of benzene rings is 2. The lowest BCUT2D eigenvalue weighted by atomic mass is 10.3. The number of carbonyl (C=O) groups excluding carboxylic acids is 2. The zero-order valence-corrected chi connectivity index (χ0v) is 16.0. The fourth-order valence-corrected chi connectivity index (χ4v) is 3.48. The number of nitrogens with zero attached hydrogens (tertiary/aromatic N) is 2. The lowest BCUT2D eigenvalue weighted by Crippen LogP contribution is -2.35. The van der Waals surface area contributed by atoms with Crippen LogP contribution in [0.25, 0.3) is 0 Å². The largest absolute Gasteiger partial charge is 0.455 e. The number of ether oxygens (including phenoxy) is 1. The number of likely N-dealkylation sites (N-methyl/N-ethyl adjacent to an activating group) is 1. The number of hydrogen-bond acceptors (Lipinski definition) is 7. The SMILES string of the molecule is C[C@@H](C(=O)OCC(=O)N(C)c1ccccc1)S(=O)(=O)c1ccc([N+](=O)[O-])cc1. The molecule has 2 aromatic carbocycles. The molecule has 28 heavy (non-hydrogen) atoms. The van der Waals surface area contributed by atoms with E-state index in [1.807, 2.05) is 0 Å². The Balaban J connectivity index is 2.03. The van der Waals surface area contributed by atoms with Crippen molar-refractivity contribution in [3.8, 4) is 0 Å². The molecule has 0 N–H and O–H groups in total. The molecule has 10 heteroatoms. The standard InChI is InChI=1S/C18H18N2O7S/c1-13(28(25,26)16-10-8-15(9-11-16)20(23)24)18(22)27-12-17(21)19(2)14-6-4-3-5-7-14/h3-11,13H,12H2,1-2H3/t13-/m0/s1. The van der Waals surface area contributed by atoms with Gasteiger partial charge in [-0.2, -0.15) is 0 Å². The Morgan fingerprint density at radius 3 is 2.21 bits per heavy atom. The molecule has 0 aromatic heterocycles. The van der Waals surface area contributed by atoms with Crippen LogP contribution < -0.4 is 4.90 Å². The van der Waals surface area contributed by atoms with E-state index in [4.69, 9.17) is 4.74 Å². The highest BCUT2D eigenvalue weighted by molar-refractivity contribution is 7.92. The van der Waals surface area contributed by atoms with Crippen LogP contribution in [0.15, 0.2) is 59.5 Å². The normalized spacial score (nSPS) is 12.1. The first-order valence-electron chi connectivity index (χ1n) is 8.11. The quantitative estimate of drug-likeness (QED) is 0.391. The zero-order valence-electron chi connectivity index (χ0n) is 15.1. The van der Waals surface area contributed by atoms with E-state index < -0.39 is 38.5 Å². The van der Waals surface area contributed by atoms with Crippen LogP contribution in [-0.2, 0) is 24.2 Å². The number of nitro benzene ring substituents is 1. The maximum atomic E-state index is 12.5. The van der Waals surface area contributed by atoms with Crippen molar-refractivity contribution >= 4 is 33.1 Å². The molecule has 0 bridgehead atoms. The molecule has 0 fully saturated rings. The summed E-state index contributed by atoms with van der Waals surface area (Å²) in [6, 6.07) is 12.8. The van der Waals surface area contributed by atoms with E-state index >= 15 is 0 Å². The minimum Gasteiger partial charge on any atom is -0.455 e. The van der Waals surface area contributed by atoms with Gasteiger partial charge < -0.3 is 9.64 Å². The van der Waals surface area contributed by atoms with Crippen molar-refractivity contribution in [2.45, 2.75) is 17.1 Å². The lowest BCUT2D eigenvalue weighted by molar-refractivity contribution is -0.384. The summed E-state index contributed by atoms with van der Waals surface area (Å²) in [4.78, 5) is 35.3. The first kappa shape index (κ1) is 21.0. The number of amides is 1. The number of non-ortho nitro benzene ring substituents is 1. The molecule has 1 amide bonds. The van der Waals surface area contributed by atoms with E-state index in [1.165, 1.54) is 11.9 Å².